The summed E-state index contributed by atoms with van der Waals surface area (Å²) >= 11 is 0. The number of benzene rings is 1. The van der Waals surface area contributed by atoms with E-state index in [9.17, 15) is 18.0 Å². The molecule has 11 heteroatoms. The van der Waals surface area contributed by atoms with Gasteiger partial charge in [-0.05, 0) is 24.6 Å². The number of fused-ring (bicyclic) bond motifs is 3. The topological polar surface area (TPSA) is 92.6 Å². The molecule has 0 fully saturated rings. The Morgan fingerprint density at radius 2 is 2.10 bits per heavy atom. The Labute approximate surface area is 169 Å². The number of nitrogens with one attached hydrogen (secondary N) is 3. The molecular weight excluding hydrogens is 401 g/mol. The number of ether oxygens (including phenoxy) is 1. The quantitative estimate of drug-likeness (QED) is 0.560. The van der Waals surface area contributed by atoms with Gasteiger partial charge in [0.15, 0.2) is 5.65 Å². The van der Waals surface area contributed by atoms with Crippen molar-refractivity contribution in [3.8, 4) is 0 Å². The van der Waals surface area contributed by atoms with Gasteiger partial charge in [-0.3, -0.25) is 4.79 Å². The third-order valence-electron chi connectivity index (χ3n) is 4.64. The Balaban J connectivity index is 1.90. The Morgan fingerprint density at radius 1 is 1.30 bits per heavy atom. The van der Waals surface area contributed by atoms with Crippen LogP contribution in [0.15, 0.2) is 30.5 Å². The third kappa shape index (κ3) is 3.75. The molecule has 8 nitrogen and oxygen atoms in total. The van der Waals surface area contributed by atoms with E-state index in [1.807, 2.05) is 0 Å². The fourth-order valence-corrected chi connectivity index (χ4v) is 3.23. The lowest BCUT2D eigenvalue weighted by atomic mass is 10.1. The van der Waals surface area contributed by atoms with Gasteiger partial charge in [-0.15, -0.1) is 0 Å². The van der Waals surface area contributed by atoms with Crippen LogP contribution in [0, 0.1) is 0 Å². The SMILES string of the molecule is CNc1cc2nc3c(cnn13)C(=O)N[C@H](C)COCc1ccc(C(F)(F)F)c(c1)N2. The zero-order valence-electron chi connectivity index (χ0n) is 16.2. The molecule has 0 radical (unpaired) electrons. The molecule has 0 unspecified atom stereocenters. The molecule has 158 valence electrons. The molecule has 1 aliphatic rings. The number of rotatable bonds is 1. The van der Waals surface area contributed by atoms with Gasteiger partial charge >= 0.3 is 6.18 Å². The van der Waals surface area contributed by atoms with E-state index in [2.05, 4.69) is 26.0 Å². The standard InChI is InChI=1S/C19H19F3N6O2/c1-10-8-30-9-11-3-4-13(19(20,21)22)14(5-11)26-15-6-16(23-2)28-17(27-15)12(7-24-28)18(29)25-10/h3-7,10,23H,8-9H2,1-2H3,(H,25,29)(H,26,27)/t10-/m1/s1. The molecule has 4 rings (SSSR count). The van der Waals surface area contributed by atoms with Crippen LogP contribution in [-0.2, 0) is 17.5 Å². The van der Waals surface area contributed by atoms with E-state index in [1.165, 1.54) is 28.9 Å². The number of halogens is 3. The van der Waals surface area contributed by atoms with Crippen LogP contribution < -0.4 is 16.0 Å². The fourth-order valence-electron chi connectivity index (χ4n) is 3.23. The van der Waals surface area contributed by atoms with Crippen molar-refractivity contribution in [2.45, 2.75) is 25.7 Å². The van der Waals surface area contributed by atoms with E-state index in [-0.39, 0.29) is 42.0 Å². The Morgan fingerprint density at radius 3 is 2.83 bits per heavy atom. The van der Waals surface area contributed by atoms with Gasteiger partial charge in [-0.1, -0.05) is 6.07 Å². The smallest absolute Gasteiger partial charge is 0.375 e. The van der Waals surface area contributed by atoms with Gasteiger partial charge in [0.05, 0.1) is 30.7 Å². The van der Waals surface area contributed by atoms with Gasteiger partial charge in [0.25, 0.3) is 5.91 Å². The van der Waals surface area contributed by atoms with E-state index in [1.54, 1.807) is 14.0 Å². The van der Waals surface area contributed by atoms with Gasteiger partial charge < -0.3 is 20.7 Å². The Hall–Kier alpha value is -3.34. The maximum Gasteiger partial charge on any atom is 0.418 e. The van der Waals surface area contributed by atoms with E-state index in [0.717, 1.165) is 6.07 Å². The number of hydrogen-bond acceptors (Lipinski definition) is 6. The molecule has 1 atom stereocenters. The highest BCUT2D eigenvalue weighted by atomic mass is 19.4. The molecule has 0 saturated carbocycles. The summed E-state index contributed by atoms with van der Waals surface area (Å²) < 4.78 is 47.6. The van der Waals surface area contributed by atoms with Crippen molar-refractivity contribution in [3.05, 3.63) is 47.2 Å². The summed E-state index contributed by atoms with van der Waals surface area (Å²) in [5.41, 5.74) is -0.0226. The second-order valence-corrected chi connectivity index (χ2v) is 6.96. The van der Waals surface area contributed by atoms with Crippen LogP contribution in [0.25, 0.3) is 5.65 Å². The number of carbonyl (C=O) groups is 1. The zero-order valence-corrected chi connectivity index (χ0v) is 16.2. The average Bonchev–Trinajstić information content (AvgIpc) is 3.10. The first kappa shape index (κ1) is 20.0. The number of alkyl halides is 3. The monoisotopic (exact) mass is 420 g/mol. The predicted molar refractivity (Wildman–Crippen MR) is 104 cm³/mol. The van der Waals surface area contributed by atoms with Crippen molar-refractivity contribution in [1.29, 1.82) is 0 Å². The summed E-state index contributed by atoms with van der Waals surface area (Å²) in [7, 11) is 1.64. The second-order valence-electron chi connectivity index (χ2n) is 6.96. The van der Waals surface area contributed by atoms with Crippen molar-refractivity contribution < 1.29 is 22.7 Å². The molecule has 0 spiro atoms. The molecule has 3 heterocycles. The summed E-state index contributed by atoms with van der Waals surface area (Å²) in [6.07, 6.45) is -3.19. The molecule has 1 aliphatic heterocycles. The van der Waals surface area contributed by atoms with Gasteiger partial charge in [-0.25, -0.2) is 4.98 Å². The highest BCUT2D eigenvalue weighted by Crippen LogP contribution is 2.37. The summed E-state index contributed by atoms with van der Waals surface area (Å²) in [6.45, 7) is 2.06. The van der Waals surface area contributed by atoms with E-state index >= 15 is 0 Å². The average molecular weight is 420 g/mol. The highest BCUT2D eigenvalue weighted by molar-refractivity contribution is 6.00. The van der Waals surface area contributed by atoms with Crippen LogP contribution in [0.5, 0.6) is 0 Å². The minimum Gasteiger partial charge on any atom is -0.375 e. The molecule has 3 N–H and O–H groups in total. The fraction of sp³-hybridized carbons (Fsp3) is 0.316. The molecule has 4 bridgehead atoms. The van der Waals surface area contributed by atoms with E-state index in [0.29, 0.717) is 11.4 Å². The summed E-state index contributed by atoms with van der Waals surface area (Å²) in [5.74, 6) is 0.184. The molecule has 2 aromatic heterocycles. The normalized spacial score (nSPS) is 17.4. The number of anilines is 3. The number of nitrogens with zero attached hydrogens (tertiary/aromatic N) is 3. The minimum absolute atomic E-state index is 0.0975. The molecule has 3 aromatic rings. The van der Waals surface area contributed by atoms with E-state index < -0.39 is 17.6 Å². The van der Waals surface area contributed by atoms with Gasteiger partial charge in [0.1, 0.15) is 17.2 Å². The van der Waals surface area contributed by atoms with Crippen LogP contribution in [0.4, 0.5) is 30.5 Å². The van der Waals surface area contributed by atoms with Gasteiger partial charge in [0, 0.05) is 19.2 Å². The second kappa shape index (κ2) is 7.48. The summed E-state index contributed by atoms with van der Waals surface area (Å²) in [5, 5.41) is 12.6. The number of amides is 1. The maximum atomic E-state index is 13.5. The molecule has 1 aromatic carbocycles. The van der Waals surface area contributed by atoms with Crippen molar-refractivity contribution in [2.24, 2.45) is 0 Å². The lowest BCUT2D eigenvalue weighted by molar-refractivity contribution is -0.136. The number of aromatic nitrogens is 3. The maximum absolute atomic E-state index is 13.5. The van der Waals surface area contributed by atoms with E-state index in [4.69, 9.17) is 4.74 Å². The van der Waals surface area contributed by atoms with Crippen molar-refractivity contribution in [3.63, 3.8) is 0 Å². The largest absolute Gasteiger partial charge is 0.418 e. The van der Waals surface area contributed by atoms with Crippen LogP contribution in [-0.4, -0.2) is 40.2 Å². The Bertz CT molecular complexity index is 1110. The van der Waals surface area contributed by atoms with Gasteiger partial charge in [0.2, 0.25) is 0 Å². The first-order valence-corrected chi connectivity index (χ1v) is 9.18. The van der Waals surface area contributed by atoms with Crippen molar-refractivity contribution in [2.75, 3.05) is 24.3 Å². The minimum atomic E-state index is -4.56. The van der Waals surface area contributed by atoms with Crippen LogP contribution in [0.2, 0.25) is 0 Å². The molecule has 1 amide bonds. The molecule has 30 heavy (non-hydrogen) atoms. The molecule has 0 saturated heterocycles. The lowest BCUT2D eigenvalue weighted by Gasteiger charge is -2.18. The molecular formula is C19H19F3N6O2. The number of carbonyl (C=O) groups excluding carboxylic acids is 1. The van der Waals surface area contributed by atoms with Gasteiger partial charge in [-0.2, -0.15) is 22.8 Å². The lowest BCUT2D eigenvalue weighted by Crippen LogP contribution is -2.35. The summed E-state index contributed by atoms with van der Waals surface area (Å²) in [4.78, 5) is 17.0. The Kier molecular flexibility index (Phi) is 4.98. The third-order valence-corrected chi connectivity index (χ3v) is 4.64. The highest BCUT2D eigenvalue weighted by Gasteiger charge is 2.34. The summed E-state index contributed by atoms with van der Waals surface area (Å²) in [6, 6.07) is 4.96. The van der Waals surface area contributed by atoms with Crippen LogP contribution in [0.1, 0.15) is 28.4 Å². The van der Waals surface area contributed by atoms with Crippen LogP contribution >= 0.6 is 0 Å². The zero-order chi connectivity index (χ0) is 21.5. The predicted octanol–water partition coefficient (Wildman–Crippen LogP) is 3.18. The van der Waals surface area contributed by atoms with Crippen molar-refractivity contribution >= 4 is 28.9 Å². The number of hydrogen-bond donors (Lipinski definition) is 3. The van der Waals surface area contributed by atoms with Crippen LogP contribution in [0.3, 0.4) is 0 Å². The van der Waals surface area contributed by atoms with Crippen molar-refractivity contribution in [1.82, 2.24) is 19.9 Å². The molecule has 0 aliphatic carbocycles. The first-order chi connectivity index (χ1) is 14.3. The first-order valence-electron chi connectivity index (χ1n) is 9.18.